The van der Waals surface area contributed by atoms with Crippen LogP contribution in [0.5, 0.6) is 0 Å². The van der Waals surface area contributed by atoms with Crippen LogP contribution < -0.4 is 5.43 Å². The summed E-state index contributed by atoms with van der Waals surface area (Å²) < 4.78 is 5.04. The minimum atomic E-state index is -0.311. The lowest BCUT2D eigenvalue weighted by molar-refractivity contribution is 0.0391. The number of amides is 1. The second-order valence-electron chi connectivity index (χ2n) is 6.42. The quantitative estimate of drug-likeness (QED) is 0.772. The smallest absolute Gasteiger partial charge is 0.424 e. The molecule has 1 N–H and O–H groups in total. The molecule has 0 aromatic rings. The predicted octanol–water partition coefficient (Wildman–Crippen LogP) is 3.18. The van der Waals surface area contributed by atoms with Crippen molar-refractivity contribution in [2.75, 3.05) is 13.2 Å². The van der Waals surface area contributed by atoms with E-state index < -0.39 is 0 Å². The zero-order valence-corrected chi connectivity index (χ0v) is 12.4. The number of hydrogen-bond donors (Lipinski definition) is 1. The number of ether oxygens (including phenoxy) is 1. The Balaban J connectivity index is 4.37. The monoisotopic (exact) mass is 244 g/mol. The zero-order chi connectivity index (χ0) is 13.7. The number of carbonyl (C=O) groups is 1. The number of carbonyl (C=O) groups excluding carboxylic acids is 1. The Morgan fingerprint density at radius 2 is 1.71 bits per heavy atom. The lowest BCUT2D eigenvalue weighted by Gasteiger charge is -2.35. The molecule has 4 heteroatoms. The van der Waals surface area contributed by atoms with Crippen LogP contribution in [-0.4, -0.2) is 29.8 Å². The molecule has 0 aromatic heterocycles. The number of nitrogens with zero attached hydrogens (tertiary/aromatic N) is 1. The summed E-state index contributed by atoms with van der Waals surface area (Å²) in [6, 6.07) is 0. The minimum Gasteiger partial charge on any atom is -0.449 e. The van der Waals surface area contributed by atoms with Gasteiger partial charge in [0.25, 0.3) is 0 Å². The number of nitrogens with one attached hydrogen (secondary N) is 1. The van der Waals surface area contributed by atoms with Crippen LogP contribution >= 0.6 is 0 Å². The largest absolute Gasteiger partial charge is 0.449 e. The molecule has 102 valence electrons. The highest BCUT2D eigenvalue weighted by Crippen LogP contribution is 2.18. The second kappa shape index (κ2) is 6.24. The van der Waals surface area contributed by atoms with Crippen LogP contribution in [0.1, 0.15) is 54.9 Å². The molecular formula is C13H28N2O2. The summed E-state index contributed by atoms with van der Waals surface area (Å²) in [5, 5.41) is 1.57. The van der Waals surface area contributed by atoms with Crippen LogP contribution in [0.3, 0.4) is 0 Å². The summed E-state index contributed by atoms with van der Waals surface area (Å²) in [5.74, 6) is 0. The Morgan fingerprint density at radius 3 is 2.06 bits per heavy atom. The molecule has 0 aliphatic heterocycles. The van der Waals surface area contributed by atoms with Crippen molar-refractivity contribution in [2.24, 2.45) is 5.41 Å². The number of rotatable bonds is 4. The van der Waals surface area contributed by atoms with Gasteiger partial charge in [-0.25, -0.2) is 15.2 Å². The summed E-state index contributed by atoms with van der Waals surface area (Å²) in [6.07, 6.45) is 0.688. The minimum absolute atomic E-state index is 0.255. The molecule has 0 atom stereocenters. The highest BCUT2D eigenvalue weighted by atomic mass is 16.6. The third-order valence-electron chi connectivity index (χ3n) is 2.27. The van der Waals surface area contributed by atoms with E-state index in [0.29, 0.717) is 6.61 Å². The second-order valence-corrected chi connectivity index (χ2v) is 6.42. The maximum Gasteiger partial charge on any atom is 0.424 e. The van der Waals surface area contributed by atoms with Crippen LogP contribution in [0.25, 0.3) is 0 Å². The number of hydrogen-bond acceptors (Lipinski definition) is 3. The average molecular weight is 244 g/mol. The fourth-order valence-electron chi connectivity index (χ4n) is 1.31. The fraction of sp³-hybridized carbons (Fsp3) is 0.923. The van der Waals surface area contributed by atoms with E-state index in [2.05, 4.69) is 26.2 Å². The van der Waals surface area contributed by atoms with Gasteiger partial charge in [-0.15, -0.1) is 0 Å². The van der Waals surface area contributed by atoms with Crippen molar-refractivity contribution in [2.45, 2.75) is 60.4 Å². The predicted molar refractivity (Wildman–Crippen MR) is 70.7 cm³/mol. The van der Waals surface area contributed by atoms with Crippen molar-refractivity contribution in [3.63, 3.8) is 0 Å². The molecular weight excluding hydrogens is 216 g/mol. The van der Waals surface area contributed by atoms with Crippen LogP contribution in [0.4, 0.5) is 4.79 Å². The highest BCUT2D eigenvalue weighted by molar-refractivity contribution is 5.67. The SMILES string of the molecule is CCOC(=O)N(NCCC(C)(C)C)C(C)(C)C. The molecule has 0 radical (unpaired) electrons. The van der Waals surface area contributed by atoms with E-state index in [4.69, 9.17) is 4.74 Å². The van der Waals surface area contributed by atoms with E-state index in [9.17, 15) is 4.79 Å². The van der Waals surface area contributed by atoms with Crippen molar-refractivity contribution in [3.05, 3.63) is 0 Å². The van der Waals surface area contributed by atoms with Gasteiger partial charge in [-0.05, 0) is 39.5 Å². The maximum atomic E-state index is 11.8. The maximum absolute atomic E-state index is 11.8. The lowest BCUT2D eigenvalue weighted by Crippen LogP contribution is -2.54. The molecule has 0 aromatic carbocycles. The molecule has 17 heavy (non-hydrogen) atoms. The van der Waals surface area contributed by atoms with Gasteiger partial charge in [-0.1, -0.05) is 20.8 Å². The van der Waals surface area contributed by atoms with Crippen LogP contribution in [0.15, 0.2) is 0 Å². The van der Waals surface area contributed by atoms with Crippen molar-refractivity contribution < 1.29 is 9.53 Å². The molecule has 0 rings (SSSR count). The van der Waals surface area contributed by atoms with E-state index in [1.54, 1.807) is 5.01 Å². The molecule has 0 aliphatic rings. The van der Waals surface area contributed by atoms with E-state index in [1.807, 2.05) is 27.7 Å². The first-order valence-corrected chi connectivity index (χ1v) is 6.28. The first-order chi connectivity index (χ1) is 7.58. The van der Waals surface area contributed by atoms with E-state index in [-0.39, 0.29) is 17.0 Å². The van der Waals surface area contributed by atoms with Crippen LogP contribution in [0, 0.1) is 5.41 Å². The number of hydrazine groups is 1. The van der Waals surface area contributed by atoms with Gasteiger partial charge < -0.3 is 4.74 Å². The summed E-state index contributed by atoms with van der Waals surface area (Å²) in [5.41, 5.74) is 3.13. The van der Waals surface area contributed by atoms with Gasteiger partial charge in [0.2, 0.25) is 0 Å². The van der Waals surface area contributed by atoms with Gasteiger partial charge in [-0.3, -0.25) is 0 Å². The summed E-state index contributed by atoms with van der Waals surface area (Å²) in [4.78, 5) is 11.8. The van der Waals surface area contributed by atoms with Gasteiger partial charge >= 0.3 is 6.09 Å². The topological polar surface area (TPSA) is 41.6 Å². The molecule has 0 saturated heterocycles. The molecule has 0 aliphatic carbocycles. The standard InChI is InChI=1S/C13H28N2O2/c1-8-17-11(16)15(13(5,6)7)14-10-9-12(2,3)4/h14H,8-10H2,1-7H3. The molecule has 1 amide bonds. The molecule has 0 unspecified atom stereocenters. The van der Waals surface area contributed by atoms with E-state index in [1.165, 1.54) is 0 Å². The normalized spacial score (nSPS) is 12.4. The Hall–Kier alpha value is -0.770. The van der Waals surface area contributed by atoms with E-state index in [0.717, 1.165) is 13.0 Å². The fourth-order valence-corrected chi connectivity index (χ4v) is 1.31. The van der Waals surface area contributed by atoms with Gasteiger partial charge in [0.1, 0.15) is 0 Å². The molecule has 4 nitrogen and oxygen atoms in total. The van der Waals surface area contributed by atoms with Crippen molar-refractivity contribution >= 4 is 6.09 Å². The van der Waals surface area contributed by atoms with Crippen LogP contribution in [-0.2, 0) is 4.74 Å². The van der Waals surface area contributed by atoms with Gasteiger partial charge in [-0.2, -0.15) is 0 Å². The van der Waals surface area contributed by atoms with Crippen molar-refractivity contribution in [3.8, 4) is 0 Å². The summed E-state index contributed by atoms with van der Waals surface area (Å²) in [7, 11) is 0. The summed E-state index contributed by atoms with van der Waals surface area (Å²) >= 11 is 0. The Labute approximate surface area is 106 Å². The highest BCUT2D eigenvalue weighted by Gasteiger charge is 2.27. The van der Waals surface area contributed by atoms with Gasteiger partial charge in [0, 0.05) is 6.54 Å². The Kier molecular flexibility index (Phi) is 5.96. The third-order valence-corrected chi connectivity index (χ3v) is 2.27. The molecule has 0 bridgehead atoms. The Morgan fingerprint density at radius 1 is 1.18 bits per heavy atom. The average Bonchev–Trinajstić information content (AvgIpc) is 2.08. The molecule has 0 saturated carbocycles. The molecule has 0 heterocycles. The van der Waals surface area contributed by atoms with Crippen molar-refractivity contribution in [1.82, 2.24) is 10.4 Å². The molecule has 0 spiro atoms. The first-order valence-electron chi connectivity index (χ1n) is 6.28. The van der Waals surface area contributed by atoms with Gasteiger partial charge in [0.15, 0.2) is 0 Å². The van der Waals surface area contributed by atoms with E-state index >= 15 is 0 Å². The summed E-state index contributed by atoms with van der Waals surface area (Å²) in [6.45, 7) is 15.5. The zero-order valence-electron chi connectivity index (χ0n) is 12.4. The third kappa shape index (κ3) is 7.21. The first kappa shape index (κ1) is 16.2. The van der Waals surface area contributed by atoms with Crippen molar-refractivity contribution in [1.29, 1.82) is 0 Å². The molecule has 0 fully saturated rings. The Bertz CT molecular complexity index is 239. The van der Waals surface area contributed by atoms with Gasteiger partial charge in [0.05, 0.1) is 12.1 Å². The van der Waals surface area contributed by atoms with Crippen LogP contribution in [0.2, 0.25) is 0 Å². The lowest BCUT2D eigenvalue weighted by atomic mass is 9.92.